The van der Waals surface area contributed by atoms with E-state index >= 15 is 0 Å². The predicted molar refractivity (Wildman–Crippen MR) is 129 cm³/mol. The summed E-state index contributed by atoms with van der Waals surface area (Å²) in [6, 6.07) is 0. The molecule has 0 amide bonds. The molecule has 0 spiro atoms. The van der Waals surface area contributed by atoms with Crippen LogP contribution in [-0.2, 0) is 0 Å². The van der Waals surface area contributed by atoms with E-state index in [4.69, 9.17) is 23.2 Å². The smallest absolute Gasteiger partial charge is 0.378 e. The van der Waals surface area contributed by atoms with Crippen LogP contribution in [0.2, 0.25) is 0 Å². The number of rotatable bonds is 9. The van der Waals surface area contributed by atoms with Crippen molar-refractivity contribution >= 4 is 35.0 Å². The molecule has 2 nitrogen and oxygen atoms in total. The molecule has 0 bridgehead atoms. The van der Waals surface area contributed by atoms with Crippen molar-refractivity contribution in [3.63, 3.8) is 0 Å². The zero-order valence-electron chi connectivity index (χ0n) is 18.3. The largest absolute Gasteiger partial charge is 0.404 e. The van der Waals surface area contributed by atoms with Crippen LogP contribution in [0.1, 0.15) is 52.4 Å². The highest BCUT2D eigenvalue weighted by Gasteiger charge is 2.61. The first-order valence-corrected chi connectivity index (χ1v) is 12.6. The third-order valence-corrected chi connectivity index (χ3v) is 8.47. The molecule has 1 fully saturated rings. The molecule has 3 unspecified atom stereocenters. The Morgan fingerprint density at radius 1 is 1.38 bits per heavy atom. The monoisotopic (exact) mass is 507 g/mol. The van der Waals surface area contributed by atoms with Gasteiger partial charge in [-0.25, -0.2) is 0 Å². The first kappa shape index (κ1) is 26.0. The molecular formula is C24H30Cl2F3NOS. The Morgan fingerprint density at radius 2 is 2.09 bits per heavy atom. The molecular weight excluding hydrogens is 478 g/mol. The highest BCUT2D eigenvalue weighted by Crippen LogP contribution is 2.58. The standard InChI is InChI=1S/C24H30Cl2F3NOS/c1-3-15(2)18(13-30-22(31)17-7-8-17)6-4-5-16-12-23(32-14-16,24(27,28)29)19-9-20(25)11-21(26)10-19/h4,6,9,11,14,17,19,22,30-31H,3,5,7-8,10,12-13H2,1-2H3/b6-4-,18-15+. The number of hydrogen-bond donors (Lipinski definition) is 2. The van der Waals surface area contributed by atoms with Crippen LogP contribution in [0.3, 0.4) is 0 Å². The molecule has 3 atom stereocenters. The van der Waals surface area contributed by atoms with Gasteiger partial charge in [0.2, 0.25) is 0 Å². The van der Waals surface area contributed by atoms with Gasteiger partial charge in [0.05, 0.1) is 0 Å². The number of halogens is 5. The van der Waals surface area contributed by atoms with E-state index in [1.807, 2.05) is 19.1 Å². The maximum Gasteiger partial charge on any atom is 0.404 e. The van der Waals surface area contributed by atoms with Crippen molar-refractivity contribution in [1.29, 1.82) is 0 Å². The average Bonchev–Trinajstić information content (AvgIpc) is 3.47. The summed E-state index contributed by atoms with van der Waals surface area (Å²) in [6.07, 6.45) is 5.49. The molecule has 3 rings (SSSR count). The minimum atomic E-state index is -4.39. The Bertz CT molecular complexity index is 858. The molecule has 3 aliphatic rings. The average molecular weight is 508 g/mol. The number of alkyl halides is 3. The van der Waals surface area contributed by atoms with Crippen LogP contribution < -0.4 is 5.32 Å². The summed E-state index contributed by atoms with van der Waals surface area (Å²) in [4.78, 5) is 0. The Balaban J connectivity index is 1.66. The van der Waals surface area contributed by atoms with Crippen LogP contribution in [0, 0.1) is 11.8 Å². The van der Waals surface area contributed by atoms with Crippen molar-refractivity contribution in [2.75, 3.05) is 6.54 Å². The second-order valence-electron chi connectivity index (χ2n) is 8.84. The molecule has 1 aliphatic heterocycles. The lowest BCUT2D eigenvalue weighted by atomic mass is 9.81. The van der Waals surface area contributed by atoms with Crippen LogP contribution in [0.5, 0.6) is 0 Å². The lowest BCUT2D eigenvalue weighted by Gasteiger charge is -2.38. The zero-order chi connectivity index (χ0) is 23.5. The zero-order valence-corrected chi connectivity index (χ0v) is 20.6. The van der Waals surface area contributed by atoms with Crippen LogP contribution in [0.15, 0.2) is 56.5 Å². The summed E-state index contributed by atoms with van der Waals surface area (Å²) in [5, 5.41) is 15.5. The Kier molecular flexibility index (Phi) is 8.70. The molecule has 0 radical (unpaired) electrons. The van der Waals surface area contributed by atoms with E-state index in [1.54, 1.807) is 5.41 Å². The van der Waals surface area contributed by atoms with Gasteiger partial charge in [0.15, 0.2) is 0 Å². The van der Waals surface area contributed by atoms with Crippen molar-refractivity contribution in [2.24, 2.45) is 11.8 Å². The molecule has 1 saturated carbocycles. The van der Waals surface area contributed by atoms with Crippen molar-refractivity contribution in [2.45, 2.75) is 69.5 Å². The molecule has 1 heterocycles. The Morgan fingerprint density at radius 3 is 2.69 bits per heavy atom. The third-order valence-electron chi connectivity index (χ3n) is 6.42. The van der Waals surface area contributed by atoms with Gasteiger partial charge in [0.1, 0.15) is 11.0 Å². The van der Waals surface area contributed by atoms with Crippen molar-refractivity contribution < 1.29 is 18.3 Å². The molecule has 2 aliphatic carbocycles. The van der Waals surface area contributed by atoms with Crippen LogP contribution in [-0.4, -0.2) is 28.8 Å². The van der Waals surface area contributed by atoms with Crippen LogP contribution in [0.25, 0.3) is 0 Å². The number of nitrogens with one attached hydrogen (secondary N) is 1. The van der Waals surface area contributed by atoms with Gasteiger partial charge in [-0.1, -0.05) is 59.5 Å². The molecule has 32 heavy (non-hydrogen) atoms. The molecule has 0 aromatic rings. The van der Waals surface area contributed by atoms with Crippen LogP contribution in [0.4, 0.5) is 13.2 Å². The van der Waals surface area contributed by atoms with Gasteiger partial charge in [-0.2, -0.15) is 13.2 Å². The summed E-state index contributed by atoms with van der Waals surface area (Å²) in [7, 11) is 0. The highest BCUT2D eigenvalue weighted by molar-refractivity contribution is 8.03. The van der Waals surface area contributed by atoms with Gasteiger partial charge >= 0.3 is 6.18 Å². The molecule has 8 heteroatoms. The van der Waals surface area contributed by atoms with Gasteiger partial charge in [0, 0.05) is 22.5 Å². The van der Waals surface area contributed by atoms with Crippen molar-refractivity contribution in [3.05, 3.63) is 56.5 Å². The van der Waals surface area contributed by atoms with Gasteiger partial charge in [0.25, 0.3) is 0 Å². The summed E-state index contributed by atoms with van der Waals surface area (Å²) in [5.74, 6) is -0.467. The molecule has 178 valence electrons. The minimum Gasteiger partial charge on any atom is -0.378 e. The fraction of sp³-hybridized carbons (Fsp3) is 0.583. The summed E-state index contributed by atoms with van der Waals surface area (Å²) >= 11 is 13.0. The van der Waals surface area contributed by atoms with Crippen molar-refractivity contribution in [1.82, 2.24) is 5.32 Å². The number of hydrogen-bond acceptors (Lipinski definition) is 3. The number of aliphatic hydroxyl groups is 1. The number of allylic oxidation sites excluding steroid dienone is 7. The second-order valence-corrected chi connectivity index (χ2v) is 11.0. The summed E-state index contributed by atoms with van der Waals surface area (Å²) in [6.45, 7) is 4.65. The van der Waals surface area contributed by atoms with E-state index in [1.165, 1.54) is 17.7 Å². The first-order chi connectivity index (χ1) is 15.1. The fourth-order valence-corrected chi connectivity index (χ4v) is 5.98. The van der Waals surface area contributed by atoms with E-state index in [0.717, 1.165) is 42.2 Å². The molecule has 2 N–H and O–H groups in total. The van der Waals surface area contributed by atoms with E-state index in [2.05, 4.69) is 12.2 Å². The number of aliphatic hydroxyl groups excluding tert-OH is 1. The SMILES string of the molecule is CC/C(C)=C(\C=C/CC1=CSC(C2C=C(Cl)C=C(Cl)C2)(C(F)(F)F)C1)CNC(O)C1CC1. The lowest BCUT2D eigenvalue weighted by molar-refractivity contribution is -0.167. The molecule has 0 saturated heterocycles. The maximum absolute atomic E-state index is 14.2. The quantitative estimate of drug-likeness (QED) is 0.249. The third kappa shape index (κ3) is 6.26. The normalized spacial score (nSPS) is 28.4. The van der Waals surface area contributed by atoms with Gasteiger partial charge < -0.3 is 5.11 Å². The predicted octanol–water partition coefficient (Wildman–Crippen LogP) is 7.56. The highest BCUT2D eigenvalue weighted by atomic mass is 35.5. The first-order valence-electron chi connectivity index (χ1n) is 11.0. The lowest BCUT2D eigenvalue weighted by Crippen LogP contribution is -2.47. The topological polar surface area (TPSA) is 32.3 Å². The van der Waals surface area contributed by atoms with Crippen LogP contribution >= 0.6 is 35.0 Å². The van der Waals surface area contributed by atoms with E-state index in [-0.39, 0.29) is 17.9 Å². The Hall–Kier alpha value is -0.660. The van der Waals surface area contributed by atoms with E-state index < -0.39 is 23.1 Å². The molecule has 0 aromatic heterocycles. The number of thioether (sulfide) groups is 1. The van der Waals surface area contributed by atoms with Gasteiger partial charge in [-0.3, -0.25) is 5.32 Å². The fourth-order valence-electron chi connectivity index (χ4n) is 4.07. The minimum absolute atomic E-state index is 0.0779. The second kappa shape index (κ2) is 10.7. The summed E-state index contributed by atoms with van der Waals surface area (Å²) in [5.41, 5.74) is 3.01. The van der Waals surface area contributed by atoms with Gasteiger partial charge in [-0.15, -0.1) is 11.8 Å². The van der Waals surface area contributed by atoms with Gasteiger partial charge in [-0.05, 0) is 68.4 Å². The van der Waals surface area contributed by atoms with E-state index in [0.29, 0.717) is 23.9 Å². The summed E-state index contributed by atoms with van der Waals surface area (Å²) < 4.78 is 40.7. The van der Waals surface area contributed by atoms with Crippen molar-refractivity contribution in [3.8, 4) is 0 Å². The van der Waals surface area contributed by atoms with E-state index in [9.17, 15) is 18.3 Å². The Labute approximate surface area is 202 Å². The maximum atomic E-state index is 14.2. The molecule has 0 aromatic carbocycles.